The molecule has 0 bridgehead atoms. The molecule has 2 rings (SSSR count). The summed E-state index contributed by atoms with van der Waals surface area (Å²) in [6.45, 7) is 9.95. The van der Waals surface area contributed by atoms with Gasteiger partial charge in [-0.2, -0.15) is 0 Å². The zero-order valence-electron chi connectivity index (χ0n) is 12.1. The number of nitrogens with one attached hydrogen (secondary N) is 1. The third kappa shape index (κ3) is 3.84. The van der Waals surface area contributed by atoms with Crippen LogP contribution in [0.25, 0.3) is 0 Å². The Morgan fingerprint density at radius 2 is 2.11 bits per heavy atom. The first-order chi connectivity index (χ1) is 8.57. The quantitative estimate of drug-likeness (QED) is 0.839. The molecule has 0 unspecified atom stereocenters. The Hall–Kier alpha value is -0.830. The summed E-state index contributed by atoms with van der Waals surface area (Å²) < 4.78 is 2.28. The van der Waals surface area contributed by atoms with Crippen molar-refractivity contribution in [3.8, 4) is 0 Å². The lowest BCUT2D eigenvalue weighted by atomic mass is 9.89. The van der Waals surface area contributed by atoms with Crippen LogP contribution in [0.4, 0.5) is 0 Å². The van der Waals surface area contributed by atoms with Gasteiger partial charge in [0.1, 0.15) is 0 Å². The molecule has 0 radical (unpaired) electrons. The van der Waals surface area contributed by atoms with Crippen molar-refractivity contribution in [1.82, 2.24) is 14.9 Å². The Bertz CT molecular complexity index is 362. The first-order valence-corrected chi connectivity index (χ1v) is 7.29. The summed E-state index contributed by atoms with van der Waals surface area (Å²) in [5.74, 6) is 0.699. The van der Waals surface area contributed by atoms with Crippen LogP contribution in [0.5, 0.6) is 0 Å². The minimum Gasteiger partial charge on any atom is -0.337 e. The van der Waals surface area contributed by atoms with E-state index in [1.165, 1.54) is 25.7 Å². The summed E-state index contributed by atoms with van der Waals surface area (Å²) >= 11 is 0. The summed E-state index contributed by atoms with van der Waals surface area (Å²) in [5, 5.41) is 3.44. The maximum Gasteiger partial charge on any atom is 0.0950 e. The van der Waals surface area contributed by atoms with Gasteiger partial charge in [-0.3, -0.25) is 0 Å². The minimum atomic E-state index is 0.503. The Morgan fingerprint density at radius 3 is 2.78 bits per heavy atom. The number of hydrogen-bond donors (Lipinski definition) is 1. The normalized spacial score (nSPS) is 18.7. The van der Waals surface area contributed by atoms with E-state index < -0.39 is 0 Å². The summed E-state index contributed by atoms with van der Waals surface area (Å²) in [7, 11) is 0. The van der Waals surface area contributed by atoms with Crippen molar-refractivity contribution in [2.24, 2.45) is 11.3 Å². The Kier molecular flexibility index (Phi) is 4.44. The van der Waals surface area contributed by atoms with Crippen LogP contribution in [0.15, 0.2) is 12.5 Å². The summed E-state index contributed by atoms with van der Waals surface area (Å²) in [6, 6.07) is 0. The van der Waals surface area contributed by atoms with Crippen molar-refractivity contribution < 1.29 is 0 Å². The molecule has 3 nitrogen and oxygen atoms in total. The molecule has 102 valence electrons. The largest absolute Gasteiger partial charge is 0.337 e. The first-order valence-electron chi connectivity index (χ1n) is 7.29. The average molecular weight is 249 g/mol. The van der Waals surface area contributed by atoms with Crippen LogP contribution >= 0.6 is 0 Å². The van der Waals surface area contributed by atoms with Crippen molar-refractivity contribution in [1.29, 1.82) is 0 Å². The van der Waals surface area contributed by atoms with E-state index in [2.05, 4.69) is 41.8 Å². The molecule has 18 heavy (non-hydrogen) atoms. The van der Waals surface area contributed by atoms with Crippen molar-refractivity contribution in [3.05, 3.63) is 18.2 Å². The van der Waals surface area contributed by atoms with Gasteiger partial charge in [0.05, 0.1) is 12.0 Å². The number of rotatable bonds is 6. The van der Waals surface area contributed by atoms with E-state index in [1.54, 1.807) is 0 Å². The van der Waals surface area contributed by atoms with E-state index in [-0.39, 0.29) is 0 Å². The fourth-order valence-corrected chi connectivity index (χ4v) is 2.90. The maximum absolute atomic E-state index is 4.49. The second-order valence-corrected chi connectivity index (χ2v) is 6.58. The molecular formula is C15H27N3. The molecule has 1 aliphatic carbocycles. The second-order valence-electron chi connectivity index (χ2n) is 6.58. The molecule has 1 aromatic heterocycles. The zero-order chi connectivity index (χ0) is 13.0. The lowest BCUT2D eigenvalue weighted by molar-refractivity contribution is 0.281. The maximum atomic E-state index is 4.49. The van der Waals surface area contributed by atoms with Gasteiger partial charge in [-0.25, -0.2) is 4.98 Å². The molecule has 0 aromatic carbocycles. The van der Waals surface area contributed by atoms with Gasteiger partial charge in [0, 0.05) is 19.3 Å². The molecule has 0 saturated heterocycles. The van der Waals surface area contributed by atoms with Gasteiger partial charge >= 0.3 is 0 Å². The molecule has 1 fully saturated rings. The highest BCUT2D eigenvalue weighted by Gasteiger charge is 2.28. The molecule has 1 heterocycles. The molecule has 1 aromatic rings. The lowest BCUT2D eigenvalue weighted by Crippen LogP contribution is -2.19. The molecule has 1 saturated carbocycles. The fraction of sp³-hybridized carbons (Fsp3) is 0.800. The predicted octanol–water partition coefficient (Wildman–Crippen LogP) is 3.21. The van der Waals surface area contributed by atoms with E-state index in [0.717, 1.165) is 25.3 Å². The highest BCUT2D eigenvalue weighted by molar-refractivity contribution is 4.97. The van der Waals surface area contributed by atoms with E-state index in [9.17, 15) is 0 Å². The monoisotopic (exact) mass is 249 g/mol. The number of hydrogen-bond acceptors (Lipinski definition) is 2. The summed E-state index contributed by atoms with van der Waals surface area (Å²) in [4.78, 5) is 4.49. The van der Waals surface area contributed by atoms with Gasteiger partial charge in [-0.1, -0.05) is 33.6 Å². The number of nitrogens with zero attached hydrogens (tertiary/aromatic N) is 2. The zero-order valence-corrected chi connectivity index (χ0v) is 12.1. The van der Waals surface area contributed by atoms with Gasteiger partial charge in [-0.15, -0.1) is 0 Å². The van der Waals surface area contributed by atoms with Crippen molar-refractivity contribution in [2.45, 2.75) is 59.5 Å². The highest BCUT2D eigenvalue weighted by Crippen LogP contribution is 2.38. The smallest absolute Gasteiger partial charge is 0.0950 e. The van der Waals surface area contributed by atoms with Gasteiger partial charge in [-0.05, 0) is 30.7 Å². The summed E-state index contributed by atoms with van der Waals surface area (Å²) in [6.07, 6.45) is 9.73. The van der Waals surface area contributed by atoms with Crippen LogP contribution < -0.4 is 5.32 Å². The number of imidazole rings is 1. The Morgan fingerprint density at radius 1 is 1.39 bits per heavy atom. The molecule has 0 aliphatic heterocycles. The van der Waals surface area contributed by atoms with Crippen molar-refractivity contribution in [3.63, 3.8) is 0 Å². The van der Waals surface area contributed by atoms with Crippen LogP contribution in [-0.4, -0.2) is 16.1 Å². The second kappa shape index (κ2) is 5.87. The van der Waals surface area contributed by atoms with Crippen LogP contribution in [0.2, 0.25) is 0 Å². The van der Waals surface area contributed by atoms with Crippen LogP contribution in [0.1, 0.15) is 52.1 Å². The minimum absolute atomic E-state index is 0.503. The summed E-state index contributed by atoms with van der Waals surface area (Å²) in [5.41, 5.74) is 1.67. The van der Waals surface area contributed by atoms with Gasteiger partial charge < -0.3 is 9.88 Å². The molecule has 0 amide bonds. The van der Waals surface area contributed by atoms with Crippen molar-refractivity contribution in [2.75, 3.05) is 6.54 Å². The SMILES string of the molecule is CC(C)CNCc1cn(CC2(C)CCCC2)cn1. The topological polar surface area (TPSA) is 29.9 Å². The van der Waals surface area contributed by atoms with Gasteiger partial charge in [0.15, 0.2) is 0 Å². The highest BCUT2D eigenvalue weighted by atomic mass is 15.1. The molecule has 0 spiro atoms. The van der Waals surface area contributed by atoms with E-state index in [0.29, 0.717) is 11.3 Å². The predicted molar refractivity (Wildman–Crippen MR) is 75.3 cm³/mol. The van der Waals surface area contributed by atoms with E-state index in [1.807, 2.05) is 6.33 Å². The Balaban J connectivity index is 1.82. The van der Waals surface area contributed by atoms with Crippen LogP contribution in [0.3, 0.4) is 0 Å². The number of aromatic nitrogens is 2. The Labute approximate surface area is 111 Å². The van der Waals surface area contributed by atoms with Gasteiger partial charge in [0.2, 0.25) is 0 Å². The molecular weight excluding hydrogens is 222 g/mol. The average Bonchev–Trinajstić information content (AvgIpc) is 2.88. The standard InChI is InChI=1S/C15H27N3/c1-13(2)8-16-9-14-10-18(12-17-14)11-15(3)6-4-5-7-15/h10,12-13,16H,4-9,11H2,1-3H3. The van der Waals surface area contributed by atoms with E-state index >= 15 is 0 Å². The first kappa shape index (κ1) is 13.6. The molecule has 3 heteroatoms. The fourth-order valence-electron chi connectivity index (χ4n) is 2.90. The molecule has 0 atom stereocenters. The molecule has 1 N–H and O–H groups in total. The molecule has 1 aliphatic rings. The third-order valence-corrected chi connectivity index (χ3v) is 3.92. The van der Waals surface area contributed by atoms with Crippen LogP contribution in [-0.2, 0) is 13.1 Å². The van der Waals surface area contributed by atoms with Crippen LogP contribution in [0, 0.1) is 11.3 Å². The third-order valence-electron chi connectivity index (χ3n) is 3.92. The van der Waals surface area contributed by atoms with E-state index in [4.69, 9.17) is 0 Å². The van der Waals surface area contributed by atoms with Gasteiger partial charge in [0.25, 0.3) is 0 Å². The lowest BCUT2D eigenvalue weighted by Gasteiger charge is -2.23. The van der Waals surface area contributed by atoms with Crippen molar-refractivity contribution >= 4 is 0 Å².